The number of amides is 1. The highest BCUT2D eigenvalue weighted by Crippen LogP contribution is 2.28. The third-order valence-corrected chi connectivity index (χ3v) is 2.91. The number of hydrogen-bond acceptors (Lipinski definition) is 4. The lowest BCUT2D eigenvalue weighted by molar-refractivity contribution is -0.139. The number of aliphatic carboxylic acids is 1. The summed E-state index contributed by atoms with van der Waals surface area (Å²) in [5, 5.41) is 11.6. The molecular formula is C15H21NO5. The predicted molar refractivity (Wildman–Crippen MR) is 78.0 cm³/mol. The highest BCUT2D eigenvalue weighted by atomic mass is 16.5. The Morgan fingerprint density at radius 2 is 2.00 bits per heavy atom. The Kier molecular flexibility index (Phi) is 6.52. The molecule has 0 aliphatic carbocycles. The van der Waals surface area contributed by atoms with Gasteiger partial charge in [0.25, 0.3) is 5.91 Å². The first-order valence-corrected chi connectivity index (χ1v) is 6.87. The number of carboxylic acids is 1. The normalized spacial score (nSPS) is 11.6. The van der Waals surface area contributed by atoms with E-state index in [9.17, 15) is 9.59 Å². The van der Waals surface area contributed by atoms with Crippen molar-refractivity contribution in [2.24, 2.45) is 0 Å². The lowest BCUT2D eigenvalue weighted by Gasteiger charge is -2.15. The lowest BCUT2D eigenvalue weighted by Crippen LogP contribution is -2.40. The summed E-state index contributed by atoms with van der Waals surface area (Å²) in [4.78, 5) is 23.2. The number of ether oxygens (including phenoxy) is 2. The van der Waals surface area contributed by atoms with Crippen LogP contribution in [-0.4, -0.2) is 36.7 Å². The molecule has 2 N–H and O–H groups in total. The average molecular weight is 295 g/mol. The highest BCUT2D eigenvalue weighted by Gasteiger charge is 2.20. The molecule has 1 aromatic carbocycles. The number of carbonyl (C=O) groups excluding carboxylic acids is 1. The monoisotopic (exact) mass is 295 g/mol. The fraction of sp³-hybridized carbons (Fsp3) is 0.467. The van der Waals surface area contributed by atoms with Crippen LogP contribution < -0.4 is 14.8 Å². The van der Waals surface area contributed by atoms with Gasteiger partial charge in [-0.15, -0.1) is 0 Å². The fourth-order valence-corrected chi connectivity index (χ4v) is 1.87. The molecule has 1 amide bonds. The van der Waals surface area contributed by atoms with Crippen LogP contribution in [-0.2, 0) is 4.79 Å². The van der Waals surface area contributed by atoms with Crippen LogP contribution in [0, 0.1) is 0 Å². The number of hydrogen-bond donors (Lipinski definition) is 2. The Morgan fingerprint density at radius 3 is 2.52 bits per heavy atom. The molecule has 0 saturated carbocycles. The SMILES string of the molecule is CCC[C@@H](NC(=O)c1ccc(OC)c(OCC)c1)C(=O)O. The summed E-state index contributed by atoms with van der Waals surface area (Å²) in [6.07, 6.45) is 1.06. The Labute approximate surface area is 124 Å². The average Bonchev–Trinajstić information content (AvgIpc) is 2.46. The van der Waals surface area contributed by atoms with Crippen LogP contribution >= 0.6 is 0 Å². The third-order valence-electron chi connectivity index (χ3n) is 2.91. The summed E-state index contributed by atoms with van der Waals surface area (Å²) in [6, 6.07) is 3.85. The van der Waals surface area contributed by atoms with Crippen molar-refractivity contribution in [3.05, 3.63) is 23.8 Å². The molecule has 0 aliphatic heterocycles. The van der Waals surface area contributed by atoms with E-state index in [1.807, 2.05) is 13.8 Å². The molecule has 0 spiro atoms. The summed E-state index contributed by atoms with van der Waals surface area (Å²) >= 11 is 0. The zero-order chi connectivity index (χ0) is 15.8. The van der Waals surface area contributed by atoms with Crippen LogP contribution in [0.4, 0.5) is 0 Å². The van der Waals surface area contributed by atoms with Gasteiger partial charge < -0.3 is 19.9 Å². The van der Waals surface area contributed by atoms with Crippen molar-refractivity contribution in [1.82, 2.24) is 5.32 Å². The van der Waals surface area contributed by atoms with Crippen molar-refractivity contribution >= 4 is 11.9 Å². The minimum Gasteiger partial charge on any atom is -0.493 e. The van der Waals surface area contributed by atoms with Gasteiger partial charge in [-0.1, -0.05) is 13.3 Å². The van der Waals surface area contributed by atoms with Crippen LogP contribution in [0.3, 0.4) is 0 Å². The minimum atomic E-state index is -1.04. The Balaban J connectivity index is 2.91. The molecule has 1 rings (SSSR count). The molecule has 0 radical (unpaired) electrons. The Morgan fingerprint density at radius 1 is 1.29 bits per heavy atom. The second kappa shape index (κ2) is 8.14. The molecule has 1 atom stereocenters. The van der Waals surface area contributed by atoms with Crippen LogP contribution in [0.1, 0.15) is 37.0 Å². The molecule has 6 nitrogen and oxygen atoms in total. The number of methoxy groups -OCH3 is 1. The maximum absolute atomic E-state index is 12.1. The molecule has 0 saturated heterocycles. The standard InChI is InChI=1S/C15H21NO5/c1-4-6-11(15(18)19)16-14(17)10-7-8-12(20-3)13(9-10)21-5-2/h7-9,11H,4-6H2,1-3H3,(H,16,17)(H,18,19)/t11-/m1/s1. The van der Waals surface area contributed by atoms with Gasteiger partial charge in [0.2, 0.25) is 0 Å². The van der Waals surface area contributed by atoms with Crippen molar-refractivity contribution in [3.8, 4) is 11.5 Å². The van der Waals surface area contributed by atoms with Crippen LogP contribution in [0.15, 0.2) is 18.2 Å². The van der Waals surface area contributed by atoms with E-state index in [2.05, 4.69) is 5.32 Å². The topological polar surface area (TPSA) is 84.9 Å². The molecule has 1 aromatic rings. The van der Waals surface area contributed by atoms with Gasteiger partial charge in [-0.25, -0.2) is 4.79 Å². The van der Waals surface area contributed by atoms with Crippen molar-refractivity contribution < 1.29 is 24.2 Å². The number of nitrogens with one attached hydrogen (secondary N) is 1. The van der Waals surface area contributed by atoms with E-state index in [-0.39, 0.29) is 0 Å². The van der Waals surface area contributed by atoms with Gasteiger partial charge >= 0.3 is 5.97 Å². The first-order chi connectivity index (χ1) is 10.0. The van der Waals surface area contributed by atoms with Gasteiger partial charge in [0.05, 0.1) is 13.7 Å². The van der Waals surface area contributed by atoms with Crippen LogP contribution in [0.25, 0.3) is 0 Å². The van der Waals surface area contributed by atoms with Gasteiger partial charge in [-0.2, -0.15) is 0 Å². The summed E-state index contributed by atoms with van der Waals surface area (Å²) < 4.78 is 10.5. The van der Waals surface area contributed by atoms with Crippen molar-refractivity contribution in [3.63, 3.8) is 0 Å². The van der Waals surface area contributed by atoms with Crippen molar-refractivity contribution in [1.29, 1.82) is 0 Å². The summed E-state index contributed by atoms with van der Waals surface area (Å²) in [7, 11) is 1.51. The molecule has 0 heterocycles. The number of benzene rings is 1. The van der Waals surface area contributed by atoms with Gasteiger partial charge in [-0.3, -0.25) is 4.79 Å². The fourth-order valence-electron chi connectivity index (χ4n) is 1.87. The first-order valence-electron chi connectivity index (χ1n) is 6.87. The molecule has 0 bridgehead atoms. The van der Waals surface area contributed by atoms with Gasteiger partial charge in [0.15, 0.2) is 11.5 Å². The van der Waals surface area contributed by atoms with E-state index in [4.69, 9.17) is 14.6 Å². The molecule has 0 aliphatic rings. The van der Waals surface area contributed by atoms with E-state index in [0.29, 0.717) is 36.5 Å². The largest absolute Gasteiger partial charge is 0.493 e. The molecular weight excluding hydrogens is 274 g/mol. The Bertz CT molecular complexity index is 501. The molecule has 0 unspecified atom stereocenters. The Hall–Kier alpha value is -2.24. The number of carboxylic acid groups (broad SMARTS) is 1. The summed E-state index contributed by atoms with van der Waals surface area (Å²) in [5.74, 6) is -0.505. The third kappa shape index (κ3) is 4.66. The van der Waals surface area contributed by atoms with Crippen molar-refractivity contribution in [2.45, 2.75) is 32.7 Å². The summed E-state index contributed by atoms with van der Waals surface area (Å²) in [6.45, 7) is 4.13. The second-order valence-electron chi connectivity index (χ2n) is 4.45. The van der Waals surface area contributed by atoms with E-state index in [0.717, 1.165) is 0 Å². The summed E-state index contributed by atoms with van der Waals surface area (Å²) in [5.41, 5.74) is 0.335. The predicted octanol–water partition coefficient (Wildman–Crippen LogP) is 2.08. The quantitative estimate of drug-likeness (QED) is 0.767. The van der Waals surface area contributed by atoms with Crippen molar-refractivity contribution in [2.75, 3.05) is 13.7 Å². The molecule has 0 fully saturated rings. The zero-order valence-corrected chi connectivity index (χ0v) is 12.5. The molecule has 21 heavy (non-hydrogen) atoms. The molecule has 116 valence electrons. The molecule has 0 aromatic heterocycles. The van der Waals surface area contributed by atoms with Crippen LogP contribution in [0.2, 0.25) is 0 Å². The number of rotatable bonds is 8. The second-order valence-corrected chi connectivity index (χ2v) is 4.45. The van der Waals surface area contributed by atoms with E-state index in [1.165, 1.54) is 7.11 Å². The van der Waals surface area contributed by atoms with Gasteiger partial charge in [0.1, 0.15) is 6.04 Å². The first kappa shape index (κ1) is 16.8. The molecule has 6 heteroatoms. The van der Waals surface area contributed by atoms with Gasteiger partial charge in [-0.05, 0) is 31.5 Å². The maximum atomic E-state index is 12.1. The number of carbonyl (C=O) groups is 2. The van der Waals surface area contributed by atoms with Gasteiger partial charge in [0, 0.05) is 5.56 Å². The minimum absolute atomic E-state index is 0.335. The smallest absolute Gasteiger partial charge is 0.326 e. The highest BCUT2D eigenvalue weighted by molar-refractivity contribution is 5.97. The maximum Gasteiger partial charge on any atom is 0.326 e. The lowest BCUT2D eigenvalue weighted by atomic mass is 10.1. The zero-order valence-electron chi connectivity index (χ0n) is 12.5. The van der Waals surface area contributed by atoms with Crippen LogP contribution in [0.5, 0.6) is 11.5 Å². The van der Waals surface area contributed by atoms with E-state index < -0.39 is 17.9 Å². The van der Waals surface area contributed by atoms with E-state index in [1.54, 1.807) is 18.2 Å². The van der Waals surface area contributed by atoms with E-state index >= 15 is 0 Å².